The van der Waals surface area contributed by atoms with E-state index in [1.165, 1.54) is 22.7 Å². The Labute approximate surface area is 136 Å². The first-order chi connectivity index (χ1) is 10.6. The van der Waals surface area contributed by atoms with Crippen molar-refractivity contribution in [3.8, 4) is 0 Å². The molecule has 0 spiro atoms. The molecular formula is C14H14N2O3S3. The van der Waals surface area contributed by atoms with Gasteiger partial charge in [-0.1, -0.05) is 29.5 Å². The summed E-state index contributed by atoms with van der Waals surface area (Å²) < 4.78 is 37.0. The minimum Gasteiger partial charge on any atom is -0.383 e. The molecule has 116 valence electrons. The van der Waals surface area contributed by atoms with Crippen LogP contribution in [0.5, 0.6) is 0 Å². The van der Waals surface area contributed by atoms with E-state index in [4.69, 9.17) is 4.74 Å². The van der Waals surface area contributed by atoms with Crippen molar-refractivity contribution in [2.75, 3.05) is 13.7 Å². The van der Waals surface area contributed by atoms with Crippen molar-refractivity contribution in [1.29, 1.82) is 0 Å². The predicted octanol–water partition coefficient (Wildman–Crippen LogP) is 2.70. The Morgan fingerprint density at radius 3 is 2.77 bits per heavy atom. The van der Waals surface area contributed by atoms with Crippen LogP contribution in [-0.2, 0) is 21.3 Å². The maximum absolute atomic E-state index is 12.4. The van der Waals surface area contributed by atoms with Gasteiger partial charge in [-0.2, -0.15) is 8.42 Å². The van der Waals surface area contributed by atoms with E-state index in [-0.39, 0.29) is 4.21 Å². The molecule has 0 saturated heterocycles. The zero-order valence-corrected chi connectivity index (χ0v) is 14.2. The van der Waals surface area contributed by atoms with Crippen molar-refractivity contribution in [2.45, 2.75) is 10.8 Å². The highest BCUT2D eigenvalue weighted by Crippen LogP contribution is 2.20. The largest absolute Gasteiger partial charge is 0.383 e. The number of sulfonamides is 1. The van der Waals surface area contributed by atoms with Crippen molar-refractivity contribution >= 4 is 42.9 Å². The number of rotatable bonds is 5. The topological polar surface area (TPSA) is 60.7 Å². The molecule has 0 atom stereocenters. The number of aromatic nitrogens is 1. The number of thiazole rings is 1. The third-order valence-corrected chi connectivity index (χ3v) is 6.87. The fraction of sp³-hybridized carbons (Fsp3) is 0.214. The fourth-order valence-electron chi connectivity index (χ4n) is 2.05. The van der Waals surface area contributed by atoms with Crippen LogP contribution in [0.15, 0.2) is 50.4 Å². The molecule has 0 fully saturated rings. The Hall–Kier alpha value is -1.48. The van der Waals surface area contributed by atoms with Gasteiger partial charge < -0.3 is 9.30 Å². The highest BCUT2D eigenvalue weighted by atomic mass is 32.2. The second-order valence-corrected chi connectivity index (χ2v) is 8.28. The number of nitrogens with zero attached hydrogens (tertiary/aromatic N) is 2. The maximum atomic E-state index is 12.4. The molecule has 3 rings (SSSR count). The SMILES string of the molecule is COCCn1/c(=N/S(=O)(=O)c2cccs2)sc2ccccc21. The van der Waals surface area contributed by atoms with Gasteiger partial charge in [-0.3, -0.25) is 0 Å². The minimum atomic E-state index is -3.67. The smallest absolute Gasteiger partial charge is 0.294 e. The number of hydrogen-bond acceptors (Lipinski definition) is 5. The van der Waals surface area contributed by atoms with Gasteiger partial charge in [-0.05, 0) is 23.6 Å². The first-order valence-corrected chi connectivity index (χ1v) is 9.67. The van der Waals surface area contributed by atoms with Crippen LogP contribution in [0.3, 0.4) is 0 Å². The van der Waals surface area contributed by atoms with Gasteiger partial charge in [0.1, 0.15) is 4.21 Å². The van der Waals surface area contributed by atoms with E-state index in [1.54, 1.807) is 24.6 Å². The summed E-state index contributed by atoms with van der Waals surface area (Å²) in [6.07, 6.45) is 0. The van der Waals surface area contributed by atoms with Crippen LogP contribution in [0.25, 0.3) is 10.2 Å². The predicted molar refractivity (Wildman–Crippen MR) is 88.8 cm³/mol. The van der Waals surface area contributed by atoms with Gasteiger partial charge in [0.25, 0.3) is 10.0 Å². The molecule has 0 bridgehead atoms. The Morgan fingerprint density at radius 2 is 2.05 bits per heavy atom. The van der Waals surface area contributed by atoms with Gasteiger partial charge in [0.15, 0.2) is 0 Å². The normalized spacial score (nSPS) is 13.0. The monoisotopic (exact) mass is 354 g/mol. The summed E-state index contributed by atoms with van der Waals surface area (Å²) >= 11 is 2.53. The number of benzene rings is 1. The second-order valence-electron chi connectivity index (χ2n) is 4.50. The molecule has 0 unspecified atom stereocenters. The molecule has 1 aromatic carbocycles. The number of para-hydroxylation sites is 1. The maximum Gasteiger partial charge on any atom is 0.294 e. The third-order valence-electron chi connectivity index (χ3n) is 3.05. The number of hydrogen-bond donors (Lipinski definition) is 0. The summed E-state index contributed by atoms with van der Waals surface area (Å²) in [7, 11) is -2.05. The minimum absolute atomic E-state index is 0.253. The molecule has 2 aromatic heterocycles. The number of ether oxygens (including phenoxy) is 1. The van der Waals surface area contributed by atoms with Crippen molar-refractivity contribution < 1.29 is 13.2 Å². The molecular weight excluding hydrogens is 340 g/mol. The van der Waals surface area contributed by atoms with E-state index >= 15 is 0 Å². The molecule has 0 N–H and O–H groups in total. The van der Waals surface area contributed by atoms with E-state index in [0.29, 0.717) is 18.0 Å². The summed E-state index contributed by atoms with van der Waals surface area (Å²) in [5.41, 5.74) is 0.963. The Balaban J connectivity index is 2.19. The Kier molecular flexibility index (Phi) is 4.44. The molecule has 2 heterocycles. The van der Waals surface area contributed by atoms with E-state index in [2.05, 4.69) is 4.40 Å². The highest BCUT2D eigenvalue weighted by molar-refractivity contribution is 7.92. The average Bonchev–Trinajstić information content (AvgIpc) is 3.13. The molecule has 0 aliphatic carbocycles. The lowest BCUT2D eigenvalue weighted by Gasteiger charge is -2.03. The molecule has 22 heavy (non-hydrogen) atoms. The molecule has 5 nitrogen and oxygen atoms in total. The van der Waals surface area contributed by atoms with Gasteiger partial charge in [0.05, 0.1) is 16.8 Å². The first-order valence-electron chi connectivity index (χ1n) is 6.53. The number of thiophene rings is 1. The quantitative estimate of drug-likeness (QED) is 0.708. The van der Waals surface area contributed by atoms with Gasteiger partial charge in [-0.15, -0.1) is 15.7 Å². The lowest BCUT2D eigenvalue weighted by atomic mass is 10.3. The molecule has 0 amide bonds. The van der Waals surface area contributed by atoms with Crippen molar-refractivity contribution in [3.63, 3.8) is 0 Å². The number of methoxy groups -OCH3 is 1. The van der Waals surface area contributed by atoms with Crippen LogP contribution in [0.2, 0.25) is 0 Å². The first kappa shape index (κ1) is 15.4. The molecule has 0 aliphatic heterocycles. The summed E-state index contributed by atoms with van der Waals surface area (Å²) in [6.45, 7) is 1.05. The van der Waals surface area contributed by atoms with E-state index in [0.717, 1.165) is 10.2 Å². The van der Waals surface area contributed by atoms with Crippen LogP contribution in [0.4, 0.5) is 0 Å². The van der Waals surface area contributed by atoms with Crippen LogP contribution in [0, 0.1) is 0 Å². The van der Waals surface area contributed by atoms with Crippen LogP contribution in [-0.4, -0.2) is 26.7 Å². The average molecular weight is 354 g/mol. The molecule has 0 radical (unpaired) electrons. The summed E-state index contributed by atoms with van der Waals surface area (Å²) in [6, 6.07) is 11.0. The van der Waals surface area contributed by atoms with Crippen molar-refractivity contribution in [2.24, 2.45) is 4.40 Å². The fourth-order valence-corrected chi connectivity index (χ4v) is 5.27. The van der Waals surface area contributed by atoms with E-state index < -0.39 is 10.0 Å². The van der Waals surface area contributed by atoms with Gasteiger partial charge in [0.2, 0.25) is 4.80 Å². The lowest BCUT2D eigenvalue weighted by Crippen LogP contribution is -2.19. The zero-order chi connectivity index (χ0) is 15.6. The summed E-state index contributed by atoms with van der Waals surface area (Å²) in [5, 5.41) is 1.73. The highest BCUT2D eigenvalue weighted by Gasteiger charge is 2.15. The molecule has 0 saturated carbocycles. The Bertz CT molecular complexity index is 937. The van der Waals surface area contributed by atoms with Crippen molar-refractivity contribution in [1.82, 2.24) is 4.57 Å². The molecule has 8 heteroatoms. The van der Waals surface area contributed by atoms with Gasteiger partial charge in [0, 0.05) is 13.7 Å². The van der Waals surface area contributed by atoms with Gasteiger partial charge in [-0.25, -0.2) is 0 Å². The molecule has 0 aliphatic rings. The van der Waals surface area contributed by atoms with E-state index in [1.807, 2.05) is 28.8 Å². The summed E-state index contributed by atoms with van der Waals surface area (Å²) in [5.74, 6) is 0. The molecule has 3 aromatic rings. The van der Waals surface area contributed by atoms with Gasteiger partial charge >= 0.3 is 0 Å². The Morgan fingerprint density at radius 1 is 1.23 bits per heavy atom. The number of fused-ring (bicyclic) bond motifs is 1. The van der Waals surface area contributed by atoms with Crippen LogP contribution < -0.4 is 4.80 Å². The third kappa shape index (κ3) is 3.00. The second kappa shape index (κ2) is 6.33. The van der Waals surface area contributed by atoms with Crippen LogP contribution >= 0.6 is 22.7 Å². The zero-order valence-electron chi connectivity index (χ0n) is 11.8. The summed E-state index contributed by atoms with van der Waals surface area (Å²) in [4.78, 5) is 0.464. The standard InChI is InChI=1S/C14H14N2O3S3/c1-19-9-8-16-11-5-2-3-6-12(11)21-14(16)15-22(17,18)13-7-4-10-20-13/h2-7,10H,8-9H2,1H3/b15-14-. The van der Waals surface area contributed by atoms with E-state index in [9.17, 15) is 8.42 Å². The van der Waals surface area contributed by atoms with Crippen LogP contribution in [0.1, 0.15) is 0 Å². The lowest BCUT2D eigenvalue weighted by molar-refractivity contribution is 0.187. The van der Waals surface area contributed by atoms with Crippen molar-refractivity contribution in [3.05, 3.63) is 46.6 Å².